The standard InChI is InChI=1S/C20H24N4O2S/c1-12-10-15(14(3)24(12)18-11-13(2)26-23-18)20(25)21-9-8-19-22-16-6-4-5-7-17(16)27-19/h10-11H,4-9H2,1-3H3,(H,21,25). The Bertz CT molecular complexity index is 959. The second kappa shape index (κ2) is 7.31. The lowest BCUT2D eigenvalue weighted by Crippen LogP contribution is -2.26. The molecule has 1 N–H and O–H groups in total. The fourth-order valence-corrected chi connectivity index (χ4v) is 4.85. The molecule has 0 saturated carbocycles. The molecule has 27 heavy (non-hydrogen) atoms. The van der Waals surface area contributed by atoms with E-state index < -0.39 is 0 Å². The van der Waals surface area contributed by atoms with Crippen LogP contribution in [-0.4, -0.2) is 27.2 Å². The fourth-order valence-electron chi connectivity index (χ4n) is 3.69. The van der Waals surface area contributed by atoms with Crippen LogP contribution in [0.5, 0.6) is 0 Å². The molecule has 1 aliphatic carbocycles. The normalized spacial score (nSPS) is 13.6. The number of nitrogens with zero attached hydrogens (tertiary/aromatic N) is 3. The summed E-state index contributed by atoms with van der Waals surface area (Å²) in [7, 11) is 0. The number of nitrogens with one attached hydrogen (secondary N) is 1. The van der Waals surface area contributed by atoms with Crippen molar-refractivity contribution in [3.63, 3.8) is 0 Å². The molecule has 3 aromatic rings. The summed E-state index contributed by atoms with van der Waals surface area (Å²) in [5.41, 5.74) is 3.77. The van der Waals surface area contributed by atoms with Crippen LogP contribution in [0.15, 0.2) is 16.7 Å². The van der Waals surface area contributed by atoms with Crippen molar-refractivity contribution in [2.75, 3.05) is 6.54 Å². The van der Waals surface area contributed by atoms with Gasteiger partial charge >= 0.3 is 0 Å². The van der Waals surface area contributed by atoms with Crippen LogP contribution in [0.3, 0.4) is 0 Å². The van der Waals surface area contributed by atoms with E-state index in [1.807, 2.05) is 37.5 Å². The predicted molar refractivity (Wildman–Crippen MR) is 105 cm³/mol. The molecule has 0 radical (unpaired) electrons. The van der Waals surface area contributed by atoms with Crippen LogP contribution in [-0.2, 0) is 19.3 Å². The van der Waals surface area contributed by atoms with Gasteiger partial charge in [0, 0.05) is 35.3 Å². The number of fused-ring (bicyclic) bond motifs is 1. The molecule has 0 aliphatic heterocycles. The molecule has 6 nitrogen and oxygen atoms in total. The van der Waals surface area contributed by atoms with Crippen molar-refractivity contribution in [3.05, 3.63) is 50.4 Å². The van der Waals surface area contributed by atoms with Gasteiger partial charge in [-0.3, -0.25) is 9.36 Å². The number of carbonyl (C=O) groups is 1. The first-order valence-electron chi connectivity index (χ1n) is 9.41. The summed E-state index contributed by atoms with van der Waals surface area (Å²) in [6, 6.07) is 3.77. The van der Waals surface area contributed by atoms with E-state index in [0.717, 1.165) is 41.4 Å². The third-order valence-electron chi connectivity index (χ3n) is 5.03. The third kappa shape index (κ3) is 3.56. The van der Waals surface area contributed by atoms with Crippen LogP contribution < -0.4 is 5.32 Å². The second-order valence-corrected chi connectivity index (χ2v) is 8.27. The average molecular weight is 385 g/mol. The summed E-state index contributed by atoms with van der Waals surface area (Å²) in [5.74, 6) is 1.39. The molecule has 3 heterocycles. The Morgan fingerprint density at radius 3 is 2.81 bits per heavy atom. The summed E-state index contributed by atoms with van der Waals surface area (Å²) >= 11 is 1.81. The largest absolute Gasteiger partial charge is 0.360 e. The molecule has 7 heteroatoms. The zero-order chi connectivity index (χ0) is 19.0. The first kappa shape index (κ1) is 18.0. The summed E-state index contributed by atoms with van der Waals surface area (Å²) in [6.45, 7) is 6.35. The lowest BCUT2D eigenvalue weighted by molar-refractivity contribution is 0.0953. The van der Waals surface area contributed by atoms with Crippen LogP contribution in [0.4, 0.5) is 0 Å². The van der Waals surface area contributed by atoms with E-state index in [0.29, 0.717) is 17.9 Å². The first-order valence-corrected chi connectivity index (χ1v) is 10.2. The van der Waals surface area contributed by atoms with Crippen LogP contribution in [0.2, 0.25) is 0 Å². The number of hydrogen-bond acceptors (Lipinski definition) is 5. The van der Waals surface area contributed by atoms with Gasteiger partial charge in [-0.15, -0.1) is 11.3 Å². The van der Waals surface area contributed by atoms with Crippen molar-refractivity contribution in [2.45, 2.75) is 52.9 Å². The van der Waals surface area contributed by atoms with E-state index in [-0.39, 0.29) is 5.91 Å². The highest BCUT2D eigenvalue weighted by Gasteiger charge is 2.19. The Morgan fingerprint density at radius 2 is 2.07 bits per heavy atom. The third-order valence-corrected chi connectivity index (χ3v) is 6.25. The first-order chi connectivity index (χ1) is 13.0. The van der Waals surface area contributed by atoms with Gasteiger partial charge in [-0.25, -0.2) is 4.98 Å². The molecule has 1 aliphatic rings. The Hall–Kier alpha value is -2.41. The van der Waals surface area contributed by atoms with Gasteiger partial charge in [0.1, 0.15) is 5.76 Å². The van der Waals surface area contributed by atoms with Gasteiger partial charge in [0.15, 0.2) is 5.82 Å². The van der Waals surface area contributed by atoms with E-state index in [9.17, 15) is 4.79 Å². The maximum atomic E-state index is 12.7. The maximum absolute atomic E-state index is 12.7. The van der Waals surface area contributed by atoms with Gasteiger partial charge in [-0.2, -0.15) is 0 Å². The molecule has 0 spiro atoms. The van der Waals surface area contributed by atoms with Gasteiger partial charge in [0.05, 0.1) is 16.3 Å². The lowest BCUT2D eigenvalue weighted by atomic mass is 10.0. The summed E-state index contributed by atoms with van der Waals surface area (Å²) in [5, 5.41) is 8.23. The van der Waals surface area contributed by atoms with Crippen molar-refractivity contribution < 1.29 is 9.32 Å². The number of rotatable bonds is 5. The number of aryl methyl sites for hydroxylation is 4. The van der Waals surface area contributed by atoms with E-state index in [2.05, 4.69) is 10.5 Å². The van der Waals surface area contributed by atoms with Gasteiger partial charge in [0.25, 0.3) is 5.91 Å². The zero-order valence-electron chi connectivity index (χ0n) is 16.0. The number of amides is 1. The van der Waals surface area contributed by atoms with E-state index in [4.69, 9.17) is 9.51 Å². The molecule has 0 unspecified atom stereocenters. The minimum absolute atomic E-state index is 0.0594. The van der Waals surface area contributed by atoms with Crippen molar-refractivity contribution in [3.8, 4) is 5.82 Å². The van der Waals surface area contributed by atoms with Gasteiger partial charge in [-0.05, 0) is 52.5 Å². The fraction of sp³-hybridized carbons (Fsp3) is 0.450. The highest BCUT2D eigenvalue weighted by atomic mass is 32.1. The molecule has 0 bridgehead atoms. The predicted octanol–water partition coefficient (Wildman–Crippen LogP) is 3.70. The van der Waals surface area contributed by atoms with Crippen LogP contribution >= 0.6 is 11.3 Å². The number of hydrogen-bond donors (Lipinski definition) is 1. The molecule has 3 aromatic heterocycles. The van der Waals surface area contributed by atoms with Crippen molar-refractivity contribution in [1.82, 2.24) is 20.0 Å². The highest BCUT2D eigenvalue weighted by Crippen LogP contribution is 2.27. The number of aromatic nitrogens is 3. The van der Waals surface area contributed by atoms with Crippen LogP contribution in [0.25, 0.3) is 5.82 Å². The van der Waals surface area contributed by atoms with Crippen LogP contribution in [0.1, 0.15) is 55.9 Å². The molecular weight excluding hydrogens is 360 g/mol. The minimum Gasteiger partial charge on any atom is -0.360 e. The second-order valence-electron chi connectivity index (χ2n) is 7.11. The quantitative estimate of drug-likeness (QED) is 0.728. The smallest absolute Gasteiger partial charge is 0.253 e. The maximum Gasteiger partial charge on any atom is 0.253 e. The monoisotopic (exact) mass is 384 g/mol. The number of thiazole rings is 1. The summed E-state index contributed by atoms with van der Waals surface area (Å²) in [4.78, 5) is 18.8. The zero-order valence-corrected chi connectivity index (χ0v) is 16.8. The van der Waals surface area contributed by atoms with Gasteiger partial charge in [0.2, 0.25) is 0 Å². The molecule has 0 aromatic carbocycles. The Labute approximate surface area is 162 Å². The Balaban J connectivity index is 1.42. The van der Waals surface area contributed by atoms with Crippen molar-refractivity contribution in [2.24, 2.45) is 0 Å². The van der Waals surface area contributed by atoms with Crippen molar-refractivity contribution >= 4 is 17.2 Å². The molecule has 0 atom stereocenters. The summed E-state index contributed by atoms with van der Waals surface area (Å²) < 4.78 is 7.11. The lowest BCUT2D eigenvalue weighted by Gasteiger charge is -2.06. The topological polar surface area (TPSA) is 73.0 Å². The Kier molecular flexibility index (Phi) is 4.86. The van der Waals surface area contributed by atoms with E-state index in [1.54, 1.807) is 11.3 Å². The van der Waals surface area contributed by atoms with E-state index in [1.165, 1.54) is 23.4 Å². The van der Waals surface area contributed by atoms with Crippen LogP contribution in [0, 0.1) is 20.8 Å². The average Bonchev–Trinajstić information content (AvgIpc) is 3.32. The van der Waals surface area contributed by atoms with E-state index >= 15 is 0 Å². The molecule has 4 rings (SSSR count). The van der Waals surface area contributed by atoms with Gasteiger partial charge in [-0.1, -0.05) is 5.16 Å². The minimum atomic E-state index is -0.0594. The molecule has 0 saturated heterocycles. The molecule has 0 fully saturated rings. The number of carbonyl (C=O) groups excluding carboxylic acids is 1. The highest BCUT2D eigenvalue weighted by molar-refractivity contribution is 7.11. The molecule has 142 valence electrons. The SMILES string of the molecule is Cc1cc(-n2c(C)cc(C(=O)NCCc3nc4c(s3)CCCC4)c2C)no1. The molecular formula is C20H24N4O2S. The van der Waals surface area contributed by atoms with Crippen molar-refractivity contribution in [1.29, 1.82) is 0 Å². The van der Waals surface area contributed by atoms with Gasteiger partial charge < -0.3 is 9.84 Å². The Morgan fingerprint density at radius 1 is 1.26 bits per heavy atom. The summed E-state index contributed by atoms with van der Waals surface area (Å²) in [6.07, 6.45) is 5.56. The molecule has 1 amide bonds.